The number of carboxylic acid groups (broad SMARTS) is 1. The number of carbonyl (C=O) groups excluding carboxylic acids is 2. The normalized spacial score (nSPS) is 11.4. The standard InChI is InChI=1S/C30H56O16/c1-27(2)45-25-23-43-21-19-41-17-15-39-13-11-37-9-7-35-5-6-36-8-10-38-12-14-40-16-18-42-20-22-44-24-26-46-29(32)4-3-28(31)30(33)34/h27H,3-26H2,1-2H3,(H,33,34). The van der Waals surface area contributed by atoms with Gasteiger partial charge >= 0.3 is 11.9 Å². The summed E-state index contributed by atoms with van der Waals surface area (Å²) in [7, 11) is 0. The molecule has 0 heterocycles. The van der Waals surface area contributed by atoms with Crippen LogP contribution in [0.2, 0.25) is 0 Å². The van der Waals surface area contributed by atoms with Gasteiger partial charge in [0.1, 0.15) is 6.61 Å². The summed E-state index contributed by atoms with van der Waals surface area (Å²) >= 11 is 0. The molecule has 272 valence electrons. The fourth-order valence-corrected chi connectivity index (χ4v) is 3.03. The van der Waals surface area contributed by atoms with Gasteiger partial charge in [-0.2, -0.15) is 0 Å². The van der Waals surface area contributed by atoms with Gasteiger partial charge in [-0.05, 0) is 13.8 Å². The fraction of sp³-hybridized carbons (Fsp3) is 0.900. The molecule has 0 aliphatic rings. The lowest BCUT2D eigenvalue weighted by molar-refractivity contribution is -0.151. The largest absolute Gasteiger partial charge is 0.476 e. The summed E-state index contributed by atoms with van der Waals surface area (Å²) in [5, 5.41) is 8.44. The molecule has 0 aromatic carbocycles. The summed E-state index contributed by atoms with van der Waals surface area (Å²) in [5.41, 5.74) is 0. The monoisotopic (exact) mass is 672 g/mol. The van der Waals surface area contributed by atoms with Crippen LogP contribution in [0.3, 0.4) is 0 Å². The fourth-order valence-electron chi connectivity index (χ4n) is 3.03. The number of carbonyl (C=O) groups is 3. The zero-order valence-corrected chi connectivity index (χ0v) is 27.6. The molecule has 0 unspecified atom stereocenters. The van der Waals surface area contributed by atoms with Gasteiger partial charge in [-0.25, -0.2) is 4.79 Å². The highest BCUT2D eigenvalue weighted by molar-refractivity contribution is 6.32. The van der Waals surface area contributed by atoms with Crippen LogP contribution in [0.4, 0.5) is 0 Å². The van der Waals surface area contributed by atoms with Gasteiger partial charge in [0.25, 0.3) is 0 Å². The van der Waals surface area contributed by atoms with Gasteiger partial charge in [0, 0.05) is 6.42 Å². The maximum absolute atomic E-state index is 11.4. The average Bonchev–Trinajstić information content (AvgIpc) is 3.03. The van der Waals surface area contributed by atoms with E-state index in [4.69, 9.17) is 61.9 Å². The van der Waals surface area contributed by atoms with Gasteiger partial charge in [0.15, 0.2) is 0 Å². The Morgan fingerprint density at radius 3 is 0.935 bits per heavy atom. The summed E-state index contributed by atoms with van der Waals surface area (Å²) in [6, 6.07) is 0. The maximum Gasteiger partial charge on any atom is 0.372 e. The molecule has 16 heteroatoms. The van der Waals surface area contributed by atoms with Crippen molar-refractivity contribution in [2.75, 3.05) is 145 Å². The number of hydrogen-bond donors (Lipinski definition) is 1. The molecule has 0 bridgehead atoms. The Morgan fingerprint density at radius 1 is 0.413 bits per heavy atom. The molecular formula is C30H56O16. The third kappa shape index (κ3) is 36.6. The molecule has 0 aromatic rings. The zero-order valence-electron chi connectivity index (χ0n) is 27.6. The van der Waals surface area contributed by atoms with Gasteiger partial charge < -0.3 is 61.9 Å². The molecule has 0 aliphatic carbocycles. The Labute approximate surface area is 272 Å². The first-order valence-electron chi connectivity index (χ1n) is 15.7. The lowest BCUT2D eigenvalue weighted by Crippen LogP contribution is -2.17. The predicted molar refractivity (Wildman–Crippen MR) is 162 cm³/mol. The number of aliphatic carboxylic acids is 1. The second-order valence-electron chi connectivity index (χ2n) is 9.49. The van der Waals surface area contributed by atoms with E-state index in [1.165, 1.54) is 0 Å². The number of ketones is 1. The van der Waals surface area contributed by atoms with Crippen molar-refractivity contribution in [3.8, 4) is 0 Å². The van der Waals surface area contributed by atoms with Gasteiger partial charge in [-0.3, -0.25) is 9.59 Å². The van der Waals surface area contributed by atoms with E-state index in [0.29, 0.717) is 132 Å². The molecule has 0 aromatic heterocycles. The van der Waals surface area contributed by atoms with Crippen LogP contribution in [-0.2, 0) is 71.2 Å². The molecule has 0 rings (SSSR count). The number of ether oxygens (including phenoxy) is 12. The minimum absolute atomic E-state index is 0.0143. The maximum atomic E-state index is 11.4. The Bertz CT molecular complexity index is 694. The number of esters is 1. The SMILES string of the molecule is CC(C)OCCOCCOCCOCCOCCOCCOCCOCCOCCOCCOCCOC(=O)CCC(=O)C(=O)O. The summed E-state index contributed by atoms with van der Waals surface area (Å²) in [6.45, 7) is 13.7. The van der Waals surface area contributed by atoms with E-state index in [2.05, 4.69) is 0 Å². The highest BCUT2D eigenvalue weighted by atomic mass is 16.6. The van der Waals surface area contributed by atoms with E-state index in [-0.39, 0.29) is 32.2 Å². The van der Waals surface area contributed by atoms with Crippen LogP contribution < -0.4 is 0 Å². The predicted octanol–water partition coefficient (Wildman–Crippen LogP) is 0.555. The number of carboxylic acids is 1. The van der Waals surface area contributed by atoms with Crippen molar-refractivity contribution in [3.05, 3.63) is 0 Å². The number of rotatable bonds is 38. The second kappa shape index (κ2) is 36.0. The van der Waals surface area contributed by atoms with Crippen LogP contribution >= 0.6 is 0 Å². The highest BCUT2D eigenvalue weighted by Crippen LogP contribution is 1.95. The summed E-state index contributed by atoms with van der Waals surface area (Å²) in [6.07, 6.45) is -0.439. The first kappa shape index (κ1) is 44.2. The summed E-state index contributed by atoms with van der Waals surface area (Å²) in [5.74, 6) is -3.24. The number of Topliss-reactive ketones (excluding diaryl/α,β-unsaturated/α-hetero) is 1. The molecule has 46 heavy (non-hydrogen) atoms. The van der Waals surface area contributed by atoms with Crippen LogP contribution in [0.15, 0.2) is 0 Å². The van der Waals surface area contributed by atoms with Crippen LogP contribution in [0, 0.1) is 0 Å². The van der Waals surface area contributed by atoms with E-state index in [1.54, 1.807) is 0 Å². The van der Waals surface area contributed by atoms with Crippen molar-refractivity contribution in [2.24, 2.45) is 0 Å². The van der Waals surface area contributed by atoms with Crippen molar-refractivity contribution < 1.29 is 76.3 Å². The van der Waals surface area contributed by atoms with Gasteiger partial charge in [-0.15, -0.1) is 0 Å². The first-order chi connectivity index (χ1) is 22.4. The molecule has 0 spiro atoms. The van der Waals surface area contributed by atoms with Crippen molar-refractivity contribution in [1.82, 2.24) is 0 Å². The van der Waals surface area contributed by atoms with Crippen LogP contribution in [0.5, 0.6) is 0 Å². The van der Waals surface area contributed by atoms with Crippen LogP contribution in [-0.4, -0.2) is 174 Å². The Hall–Kier alpha value is -1.83. The molecule has 0 atom stereocenters. The molecule has 0 saturated heterocycles. The third-order valence-corrected chi connectivity index (χ3v) is 5.31. The summed E-state index contributed by atoms with van der Waals surface area (Å²) < 4.78 is 64.3. The highest BCUT2D eigenvalue weighted by Gasteiger charge is 2.14. The lowest BCUT2D eigenvalue weighted by Gasteiger charge is -2.09. The molecule has 16 nitrogen and oxygen atoms in total. The van der Waals surface area contributed by atoms with Crippen molar-refractivity contribution >= 4 is 17.7 Å². The second-order valence-corrected chi connectivity index (χ2v) is 9.49. The minimum atomic E-state index is -1.56. The van der Waals surface area contributed by atoms with E-state index in [9.17, 15) is 14.4 Å². The molecule has 1 N–H and O–H groups in total. The van der Waals surface area contributed by atoms with Gasteiger partial charge in [-0.1, -0.05) is 0 Å². The molecule has 0 radical (unpaired) electrons. The molecule has 0 aliphatic heterocycles. The van der Waals surface area contributed by atoms with E-state index in [1.807, 2.05) is 13.8 Å². The first-order valence-corrected chi connectivity index (χ1v) is 15.7. The summed E-state index contributed by atoms with van der Waals surface area (Å²) in [4.78, 5) is 32.6. The molecule has 0 amide bonds. The zero-order chi connectivity index (χ0) is 33.8. The van der Waals surface area contributed by atoms with Crippen LogP contribution in [0.25, 0.3) is 0 Å². The molecule has 0 saturated carbocycles. The Balaban J connectivity index is 3.12. The van der Waals surface area contributed by atoms with Gasteiger partial charge in [0.2, 0.25) is 5.78 Å². The molecular weight excluding hydrogens is 616 g/mol. The lowest BCUT2D eigenvalue weighted by atomic mass is 10.2. The smallest absolute Gasteiger partial charge is 0.372 e. The van der Waals surface area contributed by atoms with E-state index >= 15 is 0 Å². The quantitative estimate of drug-likeness (QED) is 0.0545. The minimum Gasteiger partial charge on any atom is -0.476 e. The van der Waals surface area contributed by atoms with Gasteiger partial charge in [0.05, 0.1) is 151 Å². The third-order valence-electron chi connectivity index (χ3n) is 5.31. The van der Waals surface area contributed by atoms with E-state index in [0.717, 1.165) is 0 Å². The molecule has 0 fully saturated rings. The topological polar surface area (TPSA) is 182 Å². The average molecular weight is 673 g/mol. The Morgan fingerprint density at radius 2 is 0.674 bits per heavy atom. The van der Waals surface area contributed by atoms with Crippen LogP contribution in [0.1, 0.15) is 26.7 Å². The van der Waals surface area contributed by atoms with Crippen molar-refractivity contribution in [1.29, 1.82) is 0 Å². The Kier molecular flexibility index (Phi) is 34.6. The number of hydrogen-bond acceptors (Lipinski definition) is 15. The van der Waals surface area contributed by atoms with Crippen molar-refractivity contribution in [2.45, 2.75) is 32.8 Å². The van der Waals surface area contributed by atoms with E-state index < -0.39 is 17.7 Å². The van der Waals surface area contributed by atoms with Crippen molar-refractivity contribution in [3.63, 3.8) is 0 Å².